The van der Waals surface area contributed by atoms with Crippen LogP contribution in [0.2, 0.25) is 0 Å². The van der Waals surface area contributed by atoms with Gasteiger partial charge < -0.3 is 4.74 Å². The van der Waals surface area contributed by atoms with Crippen molar-refractivity contribution in [3.8, 4) is 5.75 Å². The zero-order valence-electron chi connectivity index (χ0n) is 8.63. The van der Waals surface area contributed by atoms with E-state index in [4.69, 9.17) is 4.74 Å². The Balaban J connectivity index is 3.08. The normalized spacial score (nSPS) is 10.5. The second-order valence-electron chi connectivity index (χ2n) is 3.26. The standard InChI is InChI=1S/C11H16OS/c1-8(2)10-6-5-9(12-3)7-11(10)13-4/h5-8H,1-4H3. The van der Waals surface area contributed by atoms with Crippen LogP contribution in [0.4, 0.5) is 0 Å². The number of rotatable bonds is 3. The molecule has 72 valence electrons. The fraction of sp³-hybridized carbons (Fsp3) is 0.455. The molecule has 0 radical (unpaired) electrons. The molecule has 1 aromatic rings. The van der Waals surface area contributed by atoms with E-state index in [-0.39, 0.29) is 0 Å². The van der Waals surface area contributed by atoms with Gasteiger partial charge in [0.15, 0.2) is 0 Å². The van der Waals surface area contributed by atoms with Gasteiger partial charge in [-0.3, -0.25) is 0 Å². The van der Waals surface area contributed by atoms with Gasteiger partial charge in [-0.05, 0) is 29.9 Å². The highest BCUT2D eigenvalue weighted by molar-refractivity contribution is 7.98. The van der Waals surface area contributed by atoms with Crippen LogP contribution in [0, 0.1) is 0 Å². The first kappa shape index (κ1) is 10.5. The Labute approximate surface area is 84.5 Å². The fourth-order valence-electron chi connectivity index (χ4n) is 1.30. The number of ether oxygens (including phenoxy) is 1. The highest BCUT2D eigenvalue weighted by atomic mass is 32.2. The summed E-state index contributed by atoms with van der Waals surface area (Å²) >= 11 is 1.77. The molecule has 0 N–H and O–H groups in total. The molecule has 0 saturated carbocycles. The van der Waals surface area contributed by atoms with Gasteiger partial charge in [0.05, 0.1) is 7.11 Å². The van der Waals surface area contributed by atoms with Gasteiger partial charge in [0.1, 0.15) is 5.75 Å². The summed E-state index contributed by atoms with van der Waals surface area (Å²) < 4.78 is 5.18. The first-order valence-electron chi connectivity index (χ1n) is 4.41. The summed E-state index contributed by atoms with van der Waals surface area (Å²) in [4.78, 5) is 1.31. The molecule has 0 aliphatic carbocycles. The van der Waals surface area contributed by atoms with Gasteiger partial charge in [0.25, 0.3) is 0 Å². The van der Waals surface area contributed by atoms with Crippen LogP contribution in [0.1, 0.15) is 25.3 Å². The predicted molar refractivity (Wildman–Crippen MR) is 58.9 cm³/mol. The van der Waals surface area contributed by atoms with Crippen molar-refractivity contribution in [1.29, 1.82) is 0 Å². The van der Waals surface area contributed by atoms with E-state index in [0.29, 0.717) is 5.92 Å². The Morgan fingerprint density at radius 1 is 1.31 bits per heavy atom. The van der Waals surface area contributed by atoms with Gasteiger partial charge in [0.2, 0.25) is 0 Å². The second kappa shape index (κ2) is 4.56. The third-order valence-corrected chi connectivity index (χ3v) is 2.86. The van der Waals surface area contributed by atoms with Crippen LogP contribution >= 0.6 is 11.8 Å². The minimum Gasteiger partial charge on any atom is -0.497 e. The lowest BCUT2D eigenvalue weighted by Crippen LogP contribution is -1.92. The Morgan fingerprint density at radius 2 is 2.00 bits per heavy atom. The smallest absolute Gasteiger partial charge is 0.119 e. The van der Waals surface area contributed by atoms with Crippen LogP contribution in [0.5, 0.6) is 5.75 Å². The van der Waals surface area contributed by atoms with Gasteiger partial charge >= 0.3 is 0 Å². The summed E-state index contributed by atoms with van der Waals surface area (Å²) in [5.74, 6) is 1.52. The summed E-state index contributed by atoms with van der Waals surface area (Å²) in [7, 11) is 1.70. The van der Waals surface area contributed by atoms with E-state index in [0.717, 1.165) is 5.75 Å². The Hall–Kier alpha value is -0.630. The minimum atomic E-state index is 0.577. The average Bonchev–Trinajstić information content (AvgIpc) is 2.16. The third kappa shape index (κ3) is 2.41. The Bertz CT molecular complexity index is 281. The van der Waals surface area contributed by atoms with E-state index in [1.54, 1.807) is 18.9 Å². The van der Waals surface area contributed by atoms with E-state index in [2.05, 4.69) is 32.2 Å². The molecule has 1 rings (SSSR count). The maximum Gasteiger partial charge on any atom is 0.119 e. The molecule has 0 bridgehead atoms. The summed E-state index contributed by atoms with van der Waals surface area (Å²) in [6, 6.07) is 6.27. The summed E-state index contributed by atoms with van der Waals surface area (Å²) in [6.45, 7) is 4.42. The zero-order chi connectivity index (χ0) is 9.84. The number of benzene rings is 1. The molecule has 0 amide bonds. The molecule has 13 heavy (non-hydrogen) atoms. The second-order valence-corrected chi connectivity index (χ2v) is 4.11. The first-order chi connectivity index (χ1) is 6.19. The molecular weight excluding hydrogens is 180 g/mol. The van der Waals surface area contributed by atoms with Crippen LogP contribution in [0.3, 0.4) is 0 Å². The van der Waals surface area contributed by atoms with Gasteiger partial charge in [-0.2, -0.15) is 0 Å². The number of hydrogen-bond acceptors (Lipinski definition) is 2. The van der Waals surface area contributed by atoms with Crippen LogP contribution in [0.15, 0.2) is 23.1 Å². The molecular formula is C11H16OS. The van der Waals surface area contributed by atoms with Crippen molar-refractivity contribution >= 4 is 11.8 Å². The molecule has 1 nitrogen and oxygen atoms in total. The van der Waals surface area contributed by atoms with E-state index in [9.17, 15) is 0 Å². The third-order valence-electron chi connectivity index (χ3n) is 2.06. The lowest BCUT2D eigenvalue weighted by molar-refractivity contribution is 0.413. The average molecular weight is 196 g/mol. The van der Waals surface area contributed by atoms with Crippen molar-refractivity contribution in [3.63, 3.8) is 0 Å². The fourth-order valence-corrected chi connectivity index (χ4v) is 2.07. The van der Waals surface area contributed by atoms with Crippen LogP contribution < -0.4 is 4.74 Å². The Morgan fingerprint density at radius 3 is 2.46 bits per heavy atom. The highest BCUT2D eigenvalue weighted by Crippen LogP contribution is 2.30. The SMILES string of the molecule is COc1ccc(C(C)C)c(SC)c1. The van der Waals surface area contributed by atoms with Gasteiger partial charge in [-0.25, -0.2) is 0 Å². The van der Waals surface area contributed by atoms with Crippen molar-refractivity contribution in [3.05, 3.63) is 23.8 Å². The maximum absolute atomic E-state index is 5.18. The van der Waals surface area contributed by atoms with Crippen molar-refractivity contribution < 1.29 is 4.74 Å². The predicted octanol–water partition coefficient (Wildman–Crippen LogP) is 3.54. The molecule has 0 heterocycles. The van der Waals surface area contributed by atoms with E-state index < -0.39 is 0 Å². The molecule has 0 aliphatic rings. The number of hydrogen-bond donors (Lipinski definition) is 0. The van der Waals surface area contributed by atoms with Gasteiger partial charge in [0, 0.05) is 4.90 Å². The first-order valence-corrected chi connectivity index (χ1v) is 5.63. The van der Waals surface area contributed by atoms with E-state index in [1.807, 2.05) is 6.07 Å². The molecule has 0 spiro atoms. The summed E-state index contributed by atoms with van der Waals surface area (Å²) in [6.07, 6.45) is 2.10. The Kier molecular flexibility index (Phi) is 3.67. The van der Waals surface area contributed by atoms with Crippen molar-refractivity contribution in [2.45, 2.75) is 24.7 Å². The van der Waals surface area contributed by atoms with E-state index in [1.165, 1.54) is 10.5 Å². The quantitative estimate of drug-likeness (QED) is 0.684. The summed E-state index contributed by atoms with van der Waals surface area (Å²) in [5.41, 5.74) is 1.40. The molecule has 1 aromatic carbocycles. The van der Waals surface area contributed by atoms with Crippen molar-refractivity contribution in [2.24, 2.45) is 0 Å². The lowest BCUT2D eigenvalue weighted by Gasteiger charge is -2.11. The van der Waals surface area contributed by atoms with Gasteiger partial charge in [-0.1, -0.05) is 19.9 Å². The summed E-state index contributed by atoms with van der Waals surface area (Å²) in [5, 5.41) is 0. The van der Waals surface area contributed by atoms with Crippen LogP contribution in [0.25, 0.3) is 0 Å². The topological polar surface area (TPSA) is 9.23 Å². The van der Waals surface area contributed by atoms with Crippen LogP contribution in [-0.2, 0) is 0 Å². The van der Waals surface area contributed by atoms with Crippen molar-refractivity contribution in [2.75, 3.05) is 13.4 Å². The molecule has 0 saturated heterocycles. The minimum absolute atomic E-state index is 0.577. The monoisotopic (exact) mass is 196 g/mol. The maximum atomic E-state index is 5.18. The molecule has 2 heteroatoms. The van der Waals surface area contributed by atoms with E-state index >= 15 is 0 Å². The van der Waals surface area contributed by atoms with Crippen molar-refractivity contribution in [1.82, 2.24) is 0 Å². The molecule has 0 unspecified atom stereocenters. The van der Waals surface area contributed by atoms with Gasteiger partial charge in [-0.15, -0.1) is 11.8 Å². The van der Waals surface area contributed by atoms with Crippen LogP contribution in [-0.4, -0.2) is 13.4 Å². The number of thioether (sulfide) groups is 1. The molecule has 0 fully saturated rings. The number of methoxy groups -OCH3 is 1. The highest BCUT2D eigenvalue weighted by Gasteiger charge is 2.06. The lowest BCUT2D eigenvalue weighted by atomic mass is 10.0. The molecule has 0 atom stereocenters. The zero-order valence-corrected chi connectivity index (χ0v) is 9.44. The molecule has 0 aromatic heterocycles. The molecule has 0 aliphatic heterocycles. The largest absolute Gasteiger partial charge is 0.497 e.